The van der Waals surface area contributed by atoms with Gasteiger partial charge in [-0.15, -0.1) is 0 Å². The van der Waals surface area contributed by atoms with Gasteiger partial charge in [-0.3, -0.25) is 10.1 Å². The topological polar surface area (TPSA) is 79.0 Å². The molecule has 2 aromatic carbocycles. The number of hydrogen-bond acceptors (Lipinski definition) is 4. The van der Waals surface area contributed by atoms with Crippen molar-refractivity contribution in [2.45, 2.75) is 0 Å². The smallest absolute Gasteiger partial charge is 0.293 e. The highest BCUT2D eigenvalue weighted by Gasteiger charge is 2.15. The Bertz CT molecular complexity index is 728. The zero-order valence-electron chi connectivity index (χ0n) is 9.93. The second-order valence-corrected chi connectivity index (χ2v) is 5.20. The molecular weight excluding hydrogens is 346 g/mol. The summed E-state index contributed by atoms with van der Waals surface area (Å²) in [6.07, 6.45) is 0. The van der Waals surface area contributed by atoms with Crippen LogP contribution in [0.4, 0.5) is 17.1 Å². The Morgan fingerprint density at radius 1 is 1.25 bits per heavy atom. The van der Waals surface area contributed by atoms with Gasteiger partial charge >= 0.3 is 0 Å². The first-order chi connectivity index (χ1) is 9.51. The van der Waals surface area contributed by atoms with Gasteiger partial charge in [0.25, 0.3) is 5.69 Å². The van der Waals surface area contributed by atoms with Gasteiger partial charge in [-0.05, 0) is 30.3 Å². The fourth-order valence-electron chi connectivity index (χ4n) is 1.62. The molecule has 0 radical (unpaired) electrons. The van der Waals surface area contributed by atoms with Gasteiger partial charge < -0.3 is 5.32 Å². The Morgan fingerprint density at radius 2 is 2.00 bits per heavy atom. The summed E-state index contributed by atoms with van der Waals surface area (Å²) in [5, 5.41) is 23.4. The van der Waals surface area contributed by atoms with Gasteiger partial charge in [0, 0.05) is 15.6 Å². The van der Waals surface area contributed by atoms with E-state index >= 15 is 0 Å². The van der Waals surface area contributed by atoms with Gasteiger partial charge in [0.15, 0.2) is 0 Å². The Hall–Kier alpha value is -2.10. The first-order valence-electron chi connectivity index (χ1n) is 5.42. The molecule has 0 fully saturated rings. The fraction of sp³-hybridized carbons (Fsp3) is 0. The van der Waals surface area contributed by atoms with Crippen molar-refractivity contribution in [1.29, 1.82) is 5.26 Å². The van der Waals surface area contributed by atoms with Crippen LogP contribution in [0.3, 0.4) is 0 Å². The first kappa shape index (κ1) is 14.3. The maximum absolute atomic E-state index is 11.0. The van der Waals surface area contributed by atoms with E-state index in [-0.39, 0.29) is 11.4 Å². The van der Waals surface area contributed by atoms with E-state index < -0.39 is 4.92 Å². The van der Waals surface area contributed by atoms with E-state index in [1.165, 1.54) is 6.07 Å². The quantitative estimate of drug-likeness (QED) is 0.645. The van der Waals surface area contributed by atoms with E-state index in [4.69, 9.17) is 16.9 Å². The van der Waals surface area contributed by atoms with Crippen LogP contribution >= 0.6 is 27.5 Å². The normalized spacial score (nSPS) is 9.85. The van der Waals surface area contributed by atoms with Crippen LogP contribution in [0.1, 0.15) is 5.56 Å². The van der Waals surface area contributed by atoms with Crippen molar-refractivity contribution in [2.24, 2.45) is 0 Å². The van der Waals surface area contributed by atoms with E-state index in [2.05, 4.69) is 21.2 Å². The third kappa shape index (κ3) is 3.07. The summed E-state index contributed by atoms with van der Waals surface area (Å²) in [6.45, 7) is 0. The predicted molar refractivity (Wildman–Crippen MR) is 80.2 cm³/mol. The van der Waals surface area contributed by atoms with Crippen molar-refractivity contribution < 1.29 is 4.92 Å². The minimum Gasteiger partial charge on any atom is -0.349 e. The lowest BCUT2D eigenvalue weighted by molar-refractivity contribution is -0.384. The number of rotatable bonds is 3. The maximum atomic E-state index is 11.0. The summed E-state index contributed by atoms with van der Waals surface area (Å²) >= 11 is 9.06. The van der Waals surface area contributed by atoms with E-state index in [0.717, 1.165) is 0 Å². The number of nitro benzene ring substituents is 1. The zero-order valence-corrected chi connectivity index (χ0v) is 12.3. The first-order valence-corrected chi connectivity index (χ1v) is 6.59. The van der Waals surface area contributed by atoms with Gasteiger partial charge in [0.2, 0.25) is 0 Å². The van der Waals surface area contributed by atoms with Crippen LogP contribution in [0.5, 0.6) is 0 Å². The predicted octanol–water partition coefficient (Wildman–Crippen LogP) is 4.63. The number of hydrogen-bond donors (Lipinski definition) is 1. The molecule has 0 aliphatic heterocycles. The standard InChI is InChI=1S/C13H7BrClN3O2/c14-9-2-4-11(13(5-9)18(19)20)17-12-6-10(15)3-1-8(12)7-16/h1-6,17H. The second kappa shape index (κ2) is 5.90. The van der Waals surface area contributed by atoms with Gasteiger partial charge in [-0.25, -0.2) is 0 Å². The third-order valence-electron chi connectivity index (χ3n) is 2.53. The van der Waals surface area contributed by atoms with E-state index in [1.807, 2.05) is 6.07 Å². The number of halogens is 2. The Labute approximate surface area is 128 Å². The van der Waals surface area contributed by atoms with Crippen molar-refractivity contribution in [3.8, 4) is 6.07 Å². The van der Waals surface area contributed by atoms with Crippen LogP contribution in [-0.4, -0.2) is 4.92 Å². The van der Waals surface area contributed by atoms with E-state index in [9.17, 15) is 10.1 Å². The lowest BCUT2D eigenvalue weighted by Crippen LogP contribution is -1.98. The minimum atomic E-state index is -0.496. The minimum absolute atomic E-state index is 0.0942. The molecule has 5 nitrogen and oxygen atoms in total. The molecule has 0 saturated carbocycles. The van der Waals surface area contributed by atoms with Crippen molar-refractivity contribution in [1.82, 2.24) is 0 Å². The summed E-state index contributed by atoms with van der Waals surface area (Å²) in [7, 11) is 0. The molecule has 0 amide bonds. The van der Waals surface area contributed by atoms with Crippen LogP contribution in [0.2, 0.25) is 5.02 Å². The van der Waals surface area contributed by atoms with Crippen LogP contribution in [-0.2, 0) is 0 Å². The summed E-state index contributed by atoms with van der Waals surface area (Å²) in [6, 6.07) is 11.3. The second-order valence-electron chi connectivity index (χ2n) is 3.85. The fourth-order valence-corrected chi connectivity index (χ4v) is 2.15. The maximum Gasteiger partial charge on any atom is 0.293 e. The highest BCUT2D eigenvalue weighted by atomic mass is 79.9. The summed E-state index contributed by atoms with van der Waals surface area (Å²) < 4.78 is 0.598. The number of benzene rings is 2. The van der Waals surface area contributed by atoms with Gasteiger partial charge in [-0.1, -0.05) is 27.5 Å². The summed E-state index contributed by atoms with van der Waals surface area (Å²) in [5.74, 6) is 0. The van der Waals surface area contributed by atoms with Gasteiger partial charge in [-0.2, -0.15) is 5.26 Å². The van der Waals surface area contributed by atoms with Crippen LogP contribution in [0.25, 0.3) is 0 Å². The molecular formula is C13H7BrClN3O2. The Kier molecular flexibility index (Phi) is 4.23. The van der Waals surface area contributed by atoms with E-state index in [0.29, 0.717) is 20.7 Å². The highest BCUT2D eigenvalue weighted by Crippen LogP contribution is 2.32. The molecule has 7 heteroatoms. The highest BCUT2D eigenvalue weighted by molar-refractivity contribution is 9.10. The molecule has 0 heterocycles. The largest absolute Gasteiger partial charge is 0.349 e. The Balaban J connectivity index is 2.48. The molecule has 2 aromatic rings. The molecule has 0 atom stereocenters. The average Bonchev–Trinajstić information content (AvgIpc) is 2.41. The lowest BCUT2D eigenvalue weighted by Gasteiger charge is -2.09. The third-order valence-corrected chi connectivity index (χ3v) is 3.26. The van der Waals surface area contributed by atoms with Crippen molar-refractivity contribution >= 4 is 44.6 Å². The average molecular weight is 353 g/mol. The molecule has 0 bridgehead atoms. The Morgan fingerprint density at radius 3 is 2.65 bits per heavy atom. The number of nitriles is 1. The number of anilines is 2. The molecule has 0 spiro atoms. The monoisotopic (exact) mass is 351 g/mol. The van der Waals surface area contributed by atoms with Crippen molar-refractivity contribution in [2.75, 3.05) is 5.32 Å². The van der Waals surface area contributed by atoms with Crippen molar-refractivity contribution in [3.63, 3.8) is 0 Å². The number of nitrogens with one attached hydrogen (secondary N) is 1. The van der Waals surface area contributed by atoms with Crippen LogP contribution < -0.4 is 5.32 Å². The van der Waals surface area contributed by atoms with Gasteiger partial charge in [0.1, 0.15) is 11.8 Å². The summed E-state index contributed by atoms with van der Waals surface area (Å²) in [4.78, 5) is 10.5. The molecule has 0 aliphatic carbocycles. The SMILES string of the molecule is N#Cc1ccc(Cl)cc1Nc1ccc(Br)cc1[N+](=O)[O-]. The molecule has 0 unspecified atom stereocenters. The van der Waals surface area contributed by atoms with Crippen molar-refractivity contribution in [3.05, 3.63) is 61.6 Å². The molecule has 0 aromatic heterocycles. The molecule has 0 saturated heterocycles. The molecule has 2 rings (SSSR count). The summed E-state index contributed by atoms with van der Waals surface area (Å²) in [5.41, 5.74) is 0.970. The van der Waals surface area contributed by atoms with Gasteiger partial charge in [0.05, 0.1) is 16.2 Å². The molecule has 100 valence electrons. The number of nitrogens with zero attached hydrogens (tertiary/aromatic N) is 2. The molecule has 0 aliphatic rings. The molecule has 1 N–H and O–H groups in total. The molecule has 20 heavy (non-hydrogen) atoms. The lowest BCUT2D eigenvalue weighted by atomic mass is 10.2. The van der Waals surface area contributed by atoms with Crippen LogP contribution in [0.15, 0.2) is 40.9 Å². The number of nitro groups is 1. The zero-order chi connectivity index (χ0) is 14.7. The van der Waals surface area contributed by atoms with E-state index in [1.54, 1.807) is 30.3 Å². The van der Waals surface area contributed by atoms with Crippen LogP contribution in [0, 0.1) is 21.4 Å².